The summed E-state index contributed by atoms with van der Waals surface area (Å²) in [4.78, 5) is 7.28. The van der Waals surface area contributed by atoms with E-state index < -0.39 is 64.6 Å². The molecule has 0 aliphatic heterocycles. The number of aromatic nitrogens is 4. The largest absolute Gasteiger partial charge is 0.459 e. The van der Waals surface area contributed by atoms with Gasteiger partial charge in [-0.2, -0.15) is 55.6 Å². The molecule has 0 bridgehead atoms. The Hall–Kier alpha value is -3.57. The first-order chi connectivity index (χ1) is 14.7. The van der Waals surface area contributed by atoms with Gasteiger partial charge < -0.3 is 5.32 Å². The molecule has 3 aromatic rings. The minimum atomic E-state index is -6.58. The zero-order chi connectivity index (χ0) is 24.1. The second-order valence-electron chi connectivity index (χ2n) is 6.48. The van der Waals surface area contributed by atoms with Crippen LogP contribution in [0.4, 0.5) is 45.3 Å². The Bertz CT molecular complexity index is 1230. The predicted octanol–water partition coefficient (Wildman–Crippen LogP) is 4.49. The Morgan fingerprint density at radius 2 is 1.72 bits per heavy atom. The molecule has 1 aromatic carbocycles. The SMILES string of the molecule is Cc1cc(F)c(-c2c(C#N)nc3ncnn3c2NCC(F)(F)C(F)(F)C(F)(F)F)cc1F. The van der Waals surface area contributed by atoms with E-state index >= 15 is 0 Å². The normalized spacial score (nSPS) is 12.8. The lowest BCUT2D eigenvalue weighted by Crippen LogP contribution is -2.55. The topological polar surface area (TPSA) is 78.9 Å². The molecule has 170 valence electrons. The van der Waals surface area contributed by atoms with Crippen LogP contribution in [0.3, 0.4) is 0 Å². The maximum atomic E-state index is 14.6. The summed E-state index contributed by atoms with van der Waals surface area (Å²) in [6.07, 6.45) is -5.78. The molecular formula is C17H9F9N6. The van der Waals surface area contributed by atoms with Gasteiger partial charge in [-0.05, 0) is 24.6 Å². The van der Waals surface area contributed by atoms with Crippen LogP contribution in [0, 0.1) is 29.9 Å². The Kier molecular flexibility index (Phi) is 5.44. The Balaban J connectivity index is 2.21. The number of nitrogens with one attached hydrogen (secondary N) is 1. The van der Waals surface area contributed by atoms with E-state index in [9.17, 15) is 44.8 Å². The van der Waals surface area contributed by atoms with Crippen LogP contribution in [0.15, 0.2) is 18.5 Å². The van der Waals surface area contributed by atoms with Crippen molar-refractivity contribution in [2.75, 3.05) is 11.9 Å². The number of benzene rings is 1. The molecule has 2 heterocycles. The van der Waals surface area contributed by atoms with E-state index in [0.717, 1.165) is 6.33 Å². The van der Waals surface area contributed by atoms with Crippen molar-refractivity contribution >= 4 is 11.6 Å². The van der Waals surface area contributed by atoms with Gasteiger partial charge in [0.1, 0.15) is 29.8 Å². The smallest absolute Gasteiger partial charge is 0.363 e. The van der Waals surface area contributed by atoms with Crippen LogP contribution >= 0.6 is 0 Å². The fourth-order valence-electron chi connectivity index (χ4n) is 2.69. The predicted molar refractivity (Wildman–Crippen MR) is 90.0 cm³/mol. The van der Waals surface area contributed by atoms with Gasteiger partial charge in [-0.15, -0.1) is 0 Å². The minimum Gasteiger partial charge on any atom is -0.363 e. The third-order valence-electron chi connectivity index (χ3n) is 4.34. The van der Waals surface area contributed by atoms with Gasteiger partial charge in [-0.1, -0.05) is 0 Å². The molecule has 0 atom stereocenters. The van der Waals surface area contributed by atoms with Crippen molar-refractivity contribution in [3.05, 3.63) is 41.4 Å². The molecule has 0 radical (unpaired) electrons. The fourth-order valence-corrected chi connectivity index (χ4v) is 2.69. The number of halogens is 9. The lowest BCUT2D eigenvalue weighted by atomic mass is 10.0. The van der Waals surface area contributed by atoms with Crippen LogP contribution in [0.25, 0.3) is 16.9 Å². The number of anilines is 1. The van der Waals surface area contributed by atoms with Crippen LogP contribution in [-0.2, 0) is 0 Å². The molecule has 15 heteroatoms. The lowest BCUT2D eigenvalue weighted by molar-refractivity contribution is -0.350. The molecule has 0 unspecified atom stereocenters. The van der Waals surface area contributed by atoms with Gasteiger partial charge in [0, 0.05) is 5.56 Å². The van der Waals surface area contributed by atoms with Gasteiger partial charge in [0.15, 0.2) is 5.69 Å². The molecule has 32 heavy (non-hydrogen) atoms. The summed E-state index contributed by atoms with van der Waals surface area (Å²) in [6.45, 7) is -1.11. The Labute approximate surface area is 172 Å². The number of hydrogen-bond acceptors (Lipinski definition) is 5. The number of hydrogen-bond donors (Lipinski definition) is 1. The maximum absolute atomic E-state index is 14.6. The van der Waals surface area contributed by atoms with E-state index in [2.05, 4.69) is 15.1 Å². The summed E-state index contributed by atoms with van der Waals surface area (Å²) >= 11 is 0. The zero-order valence-corrected chi connectivity index (χ0v) is 15.6. The highest BCUT2D eigenvalue weighted by molar-refractivity contribution is 5.81. The van der Waals surface area contributed by atoms with Crippen molar-refractivity contribution in [1.82, 2.24) is 19.6 Å². The number of alkyl halides is 7. The minimum absolute atomic E-state index is 0.162. The van der Waals surface area contributed by atoms with Crippen molar-refractivity contribution in [1.29, 1.82) is 5.26 Å². The van der Waals surface area contributed by atoms with Crippen molar-refractivity contribution in [3.63, 3.8) is 0 Å². The second kappa shape index (κ2) is 7.53. The highest BCUT2D eigenvalue weighted by atomic mass is 19.4. The van der Waals surface area contributed by atoms with Crippen molar-refractivity contribution in [2.45, 2.75) is 24.9 Å². The molecule has 0 spiro atoms. The van der Waals surface area contributed by atoms with Crippen LogP contribution in [0.2, 0.25) is 0 Å². The molecule has 1 N–H and O–H groups in total. The number of nitriles is 1. The molecule has 0 aliphatic carbocycles. The summed E-state index contributed by atoms with van der Waals surface area (Å²) < 4.78 is 121. The third kappa shape index (κ3) is 3.65. The first kappa shape index (κ1) is 23.1. The highest BCUT2D eigenvalue weighted by Crippen LogP contribution is 2.46. The van der Waals surface area contributed by atoms with Gasteiger partial charge in [0.25, 0.3) is 5.78 Å². The highest BCUT2D eigenvalue weighted by Gasteiger charge is 2.72. The summed E-state index contributed by atoms with van der Waals surface area (Å²) in [5, 5.41) is 14.6. The summed E-state index contributed by atoms with van der Waals surface area (Å²) in [5.74, 6) is -15.5. The van der Waals surface area contributed by atoms with Gasteiger partial charge >= 0.3 is 18.0 Å². The van der Waals surface area contributed by atoms with Gasteiger partial charge in [0.05, 0.1) is 12.1 Å². The van der Waals surface area contributed by atoms with E-state index in [-0.39, 0.29) is 5.56 Å². The van der Waals surface area contributed by atoms with E-state index in [0.29, 0.717) is 16.6 Å². The average Bonchev–Trinajstić information content (AvgIpc) is 3.15. The van der Waals surface area contributed by atoms with Crippen molar-refractivity contribution < 1.29 is 39.5 Å². The standard InChI is InChI=1S/C17H9F9N6/c1-7-2-10(19)8(3-9(7)18)12-11(4-27)31-14-29-6-30-32(14)13(12)28-5-15(20,21)16(22,23)17(24,25)26/h2-3,6,28H,5H2,1H3. The molecule has 2 aromatic heterocycles. The van der Waals surface area contributed by atoms with Crippen molar-refractivity contribution in [2.24, 2.45) is 0 Å². The molecule has 3 rings (SSSR count). The first-order valence-corrected chi connectivity index (χ1v) is 8.37. The Morgan fingerprint density at radius 3 is 2.31 bits per heavy atom. The molecular weight excluding hydrogens is 459 g/mol. The lowest BCUT2D eigenvalue weighted by Gasteiger charge is -2.28. The molecule has 0 amide bonds. The number of fused-ring (bicyclic) bond motifs is 1. The monoisotopic (exact) mass is 468 g/mol. The van der Waals surface area contributed by atoms with E-state index in [4.69, 9.17) is 0 Å². The Morgan fingerprint density at radius 1 is 1.06 bits per heavy atom. The second-order valence-corrected chi connectivity index (χ2v) is 6.48. The summed E-state index contributed by atoms with van der Waals surface area (Å²) in [6, 6.07) is 2.78. The van der Waals surface area contributed by atoms with Crippen LogP contribution in [0.1, 0.15) is 11.3 Å². The van der Waals surface area contributed by atoms with Gasteiger partial charge in [-0.25, -0.2) is 8.78 Å². The van der Waals surface area contributed by atoms with Gasteiger partial charge in [0.2, 0.25) is 0 Å². The average molecular weight is 468 g/mol. The van der Waals surface area contributed by atoms with Crippen LogP contribution in [-0.4, -0.2) is 44.1 Å². The summed E-state index contributed by atoms with van der Waals surface area (Å²) in [5.41, 5.74) is -2.28. The first-order valence-electron chi connectivity index (χ1n) is 8.37. The van der Waals surface area contributed by atoms with Crippen molar-refractivity contribution in [3.8, 4) is 17.2 Å². The van der Waals surface area contributed by atoms with Crippen LogP contribution in [0.5, 0.6) is 0 Å². The van der Waals surface area contributed by atoms with Crippen LogP contribution < -0.4 is 5.32 Å². The molecule has 0 saturated heterocycles. The van der Waals surface area contributed by atoms with E-state index in [1.807, 2.05) is 0 Å². The summed E-state index contributed by atoms with van der Waals surface area (Å²) in [7, 11) is 0. The molecule has 0 aliphatic rings. The van der Waals surface area contributed by atoms with E-state index in [1.165, 1.54) is 13.0 Å². The number of rotatable bonds is 5. The number of nitrogens with zero attached hydrogens (tertiary/aromatic N) is 5. The zero-order valence-electron chi connectivity index (χ0n) is 15.6. The molecule has 6 nitrogen and oxygen atoms in total. The number of aryl methyl sites for hydroxylation is 1. The molecule has 0 saturated carbocycles. The maximum Gasteiger partial charge on any atom is 0.459 e. The quantitative estimate of drug-likeness (QED) is 0.559. The fraction of sp³-hybridized carbons (Fsp3) is 0.294. The van der Waals surface area contributed by atoms with Gasteiger partial charge in [-0.3, -0.25) is 0 Å². The molecule has 0 fully saturated rings. The van der Waals surface area contributed by atoms with E-state index in [1.54, 1.807) is 5.32 Å². The third-order valence-corrected chi connectivity index (χ3v) is 4.34.